The molecule has 0 aliphatic heterocycles. The molecule has 0 bridgehead atoms. The Balaban J connectivity index is 1.94. The molecule has 3 rings (SSSR count). The van der Waals surface area contributed by atoms with Crippen LogP contribution in [0, 0.1) is 0 Å². The fraction of sp³-hybridized carbons (Fsp3) is 0. The average molecular weight is 664 g/mol. The van der Waals surface area contributed by atoms with E-state index in [4.69, 9.17) is 20.9 Å². The Kier molecular flexibility index (Phi) is 7.22. The van der Waals surface area contributed by atoms with E-state index >= 15 is 0 Å². The van der Waals surface area contributed by atoms with Gasteiger partial charge in [-0.25, -0.2) is 9.59 Å². The molecule has 0 aromatic heterocycles. The summed E-state index contributed by atoms with van der Waals surface area (Å²) >= 11 is 13.4. The fourth-order valence-electron chi connectivity index (χ4n) is 2.38. The molecule has 0 heterocycles. The van der Waals surface area contributed by atoms with Crippen LogP contribution < -0.4 is 20.9 Å². The lowest BCUT2D eigenvalue weighted by molar-refractivity contribution is 0.0717. The van der Waals surface area contributed by atoms with Crippen LogP contribution in [0.25, 0.3) is 0 Å². The molecule has 0 amide bonds. The van der Waals surface area contributed by atoms with Gasteiger partial charge in [0, 0.05) is 29.3 Å². The number of ether oxygens (including phenoxy) is 2. The standard InChI is InChI=1S/C20H12Br4N2O4/c21-15-13(19(27)29-11-5-1-9(25)2-6-11)16(22)18(24)14(17(15)23)20(28)30-12-7-3-10(26)4-8-12/h1-8H,25-26H2. The molecule has 0 aliphatic rings. The summed E-state index contributed by atoms with van der Waals surface area (Å²) in [4.78, 5) is 25.5. The van der Waals surface area contributed by atoms with E-state index in [1.807, 2.05) is 0 Å². The Morgan fingerprint density at radius 3 is 1.10 bits per heavy atom. The molecule has 0 atom stereocenters. The fourth-order valence-corrected chi connectivity index (χ4v) is 5.14. The maximum absolute atomic E-state index is 12.8. The minimum Gasteiger partial charge on any atom is -0.423 e. The van der Waals surface area contributed by atoms with Gasteiger partial charge < -0.3 is 20.9 Å². The second kappa shape index (κ2) is 9.51. The van der Waals surface area contributed by atoms with Crippen molar-refractivity contribution in [2.24, 2.45) is 0 Å². The second-order valence-corrected chi connectivity index (χ2v) is 9.10. The molecule has 0 radical (unpaired) electrons. The highest BCUT2D eigenvalue weighted by atomic mass is 79.9. The number of rotatable bonds is 4. The monoisotopic (exact) mass is 660 g/mol. The van der Waals surface area contributed by atoms with E-state index in [9.17, 15) is 9.59 Å². The van der Waals surface area contributed by atoms with Crippen LogP contribution in [-0.2, 0) is 0 Å². The van der Waals surface area contributed by atoms with Crippen molar-refractivity contribution in [2.45, 2.75) is 0 Å². The molecule has 10 heteroatoms. The first-order chi connectivity index (χ1) is 14.2. The van der Waals surface area contributed by atoms with Gasteiger partial charge in [-0.3, -0.25) is 0 Å². The number of hydrogen-bond acceptors (Lipinski definition) is 6. The molecule has 0 fully saturated rings. The van der Waals surface area contributed by atoms with E-state index in [0.29, 0.717) is 40.8 Å². The quantitative estimate of drug-likeness (QED) is 0.146. The summed E-state index contributed by atoms with van der Waals surface area (Å²) in [5.74, 6) is -0.629. The van der Waals surface area contributed by atoms with Gasteiger partial charge in [-0.1, -0.05) is 0 Å². The Morgan fingerprint density at radius 2 is 0.833 bits per heavy atom. The number of nitrogens with two attached hydrogens (primary N) is 2. The topological polar surface area (TPSA) is 105 Å². The predicted octanol–water partition coefficient (Wildman–Crippen LogP) is 6.34. The number of nitrogen functional groups attached to an aromatic ring is 2. The van der Waals surface area contributed by atoms with Crippen LogP contribution in [-0.4, -0.2) is 11.9 Å². The van der Waals surface area contributed by atoms with E-state index in [1.54, 1.807) is 48.5 Å². The summed E-state index contributed by atoms with van der Waals surface area (Å²) in [6, 6.07) is 12.8. The number of hydrogen-bond donors (Lipinski definition) is 2. The lowest BCUT2D eigenvalue weighted by atomic mass is 10.1. The van der Waals surface area contributed by atoms with Gasteiger partial charge in [-0.2, -0.15) is 0 Å². The summed E-state index contributed by atoms with van der Waals surface area (Å²) in [6.45, 7) is 0. The molecule has 6 nitrogen and oxygen atoms in total. The maximum atomic E-state index is 12.8. The normalized spacial score (nSPS) is 10.5. The molecule has 3 aromatic carbocycles. The summed E-state index contributed by atoms with van der Waals surface area (Å²) in [5.41, 5.74) is 12.7. The Bertz CT molecular complexity index is 1010. The van der Waals surface area contributed by atoms with Crippen LogP contribution in [0.1, 0.15) is 20.7 Å². The van der Waals surface area contributed by atoms with Crippen molar-refractivity contribution in [3.8, 4) is 11.5 Å². The zero-order valence-electron chi connectivity index (χ0n) is 14.9. The highest BCUT2D eigenvalue weighted by molar-refractivity contribution is 9.14. The summed E-state index contributed by atoms with van der Waals surface area (Å²) < 4.78 is 12.1. The molecular weight excluding hydrogens is 652 g/mol. The van der Waals surface area contributed by atoms with Gasteiger partial charge in [-0.05, 0) is 112 Å². The number of carbonyl (C=O) groups is 2. The summed E-state index contributed by atoms with van der Waals surface area (Å²) in [6.07, 6.45) is 0. The van der Waals surface area contributed by atoms with Crippen LogP contribution in [0.5, 0.6) is 11.5 Å². The third-order valence-corrected chi connectivity index (χ3v) is 8.09. The summed E-state index contributed by atoms with van der Waals surface area (Å²) in [5, 5.41) is 0. The van der Waals surface area contributed by atoms with Gasteiger partial charge >= 0.3 is 11.9 Å². The van der Waals surface area contributed by atoms with Crippen LogP contribution in [0.2, 0.25) is 0 Å². The molecule has 0 spiro atoms. The van der Waals surface area contributed by atoms with Crippen molar-refractivity contribution in [2.75, 3.05) is 11.5 Å². The lowest BCUT2D eigenvalue weighted by Crippen LogP contribution is -2.15. The summed E-state index contributed by atoms with van der Waals surface area (Å²) in [7, 11) is 0. The van der Waals surface area contributed by atoms with E-state index in [2.05, 4.69) is 63.7 Å². The lowest BCUT2D eigenvalue weighted by Gasteiger charge is -2.15. The van der Waals surface area contributed by atoms with Crippen molar-refractivity contribution in [3.05, 3.63) is 77.5 Å². The number of anilines is 2. The Hall–Kier alpha value is -1.88. The molecule has 0 saturated heterocycles. The number of esters is 2. The number of halogens is 4. The van der Waals surface area contributed by atoms with E-state index < -0.39 is 11.9 Å². The Labute approximate surface area is 205 Å². The SMILES string of the molecule is Nc1ccc(OC(=O)c2c(Br)c(Br)c(C(=O)Oc3ccc(N)cc3)c(Br)c2Br)cc1. The van der Waals surface area contributed by atoms with E-state index in [1.165, 1.54) is 0 Å². The zero-order valence-corrected chi connectivity index (χ0v) is 21.3. The van der Waals surface area contributed by atoms with Crippen LogP contribution >= 0.6 is 63.7 Å². The van der Waals surface area contributed by atoms with Crippen molar-refractivity contribution in [1.82, 2.24) is 0 Å². The van der Waals surface area contributed by atoms with Gasteiger partial charge in [-0.15, -0.1) is 0 Å². The van der Waals surface area contributed by atoms with Crippen LogP contribution in [0.15, 0.2) is 66.4 Å². The highest BCUT2D eigenvalue weighted by Crippen LogP contribution is 2.42. The van der Waals surface area contributed by atoms with Crippen molar-refractivity contribution in [1.29, 1.82) is 0 Å². The van der Waals surface area contributed by atoms with Gasteiger partial charge in [0.1, 0.15) is 11.5 Å². The molecule has 30 heavy (non-hydrogen) atoms. The minimum absolute atomic E-state index is 0.176. The first-order valence-corrected chi connectivity index (χ1v) is 11.4. The minimum atomic E-state index is -0.640. The van der Waals surface area contributed by atoms with E-state index in [0.717, 1.165) is 0 Å². The molecule has 0 unspecified atom stereocenters. The molecule has 4 N–H and O–H groups in total. The van der Waals surface area contributed by atoms with Crippen LogP contribution in [0.3, 0.4) is 0 Å². The average Bonchev–Trinajstić information content (AvgIpc) is 2.70. The van der Waals surface area contributed by atoms with Gasteiger partial charge in [0.2, 0.25) is 0 Å². The first-order valence-electron chi connectivity index (χ1n) is 8.20. The van der Waals surface area contributed by atoms with Crippen molar-refractivity contribution >= 4 is 87.0 Å². The molecule has 3 aromatic rings. The van der Waals surface area contributed by atoms with Crippen LogP contribution in [0.4, 0.5) is 11.4 Å². The highest BCUT2D eigenvalue weighted by Gasteiger charge is 2.29. The molecule has 0 aliphatic carbocycles. The van der Waals surface area contributed by atoms with Gasteiger partial charge in [0.15, 0.2) is 0 Å². The number of benzene rings is 3. The van der Waals surface area contributed by atoms with Crippen molar-refractivity contribution < 1.29 is 19.1 Å². The molecule has 154 valence electrons. The second-order valence-electron chi connectivity index (χ2n) is 5.92. The van der Waals surface area contributed by atoms with Gasteiger partial charge in [0.25, 0.3) is 0 Å². The predicted molar refractivity (Wildman–Crippen MR) is 129 cm³/mol. The third kappa shape index (κ3) is 4.88. The Morgan fingerprint density at radius 1 is 0.567 bits per heavy atom. The molecule has 0 saturated carbocycles. The number of carbonyl (C=O) groups excluding carboxylic acids is 2. The largest absolute Gasteiger partial charge is 0.423 e. The smallest absolute Gasteiger partial charge is 0.345 e. The third-order valence-electron chi connectivity index (χ3n) is 3.85. The van der Waals surface area contributed by atoms with E-state index in [-0.39, 0.29) is 11.1 Å². The maximum Gasteiger partial charge on any atom is 0.345 e. The van der Waals surface area contributed by atoms with Gasteiger partial charge in [0.05, 0.1) is 11.1 Å². The first kappa shape index (κ1) is 22.8. The molecular formula is C20H12Br4N2O4. The zero-order chi connectivity index (χ0) is 22.0. The van der Waals surface area contributed by atoms with Crippen molar-refractivity contribution in [3.63, 3.8) is 0 Å².